The van der Waals surface area contributed by atoms with Crippen molar-refractivity contribution in [3.8, 4) is 0 Å². The second-order valence-corrected chi connectivity index (χ2v) is 5.19. The Labute approximate surface area is 108 Å². The van der Waals surface area contributed by atoms with Gasteiger partial charge in [0.2, 0.25) is 0 Å². The summed E-state index contributed by atoms with van der Waals surface area (Å²) in [6, 6.07) is 0.178. The Morgan fingerprint density at radius 2 is 2.28 bits per heavy atom. The molecule has 0 aliphatic carbocycles. The molecule has 0 saturated carbocycles. The predicted octanol–water partition coefficient (Wildman–Crippen LogP) is 1.07. The minimum Gasteiger partial charge on any atom is -0.334 e. The van der Waals surface area contributed by atoms with Gasteiger partial charge in [-0.25, -0.2) is 0 Å². The Morgan fingerprint density at radius 1 is 1.56 bits per heavy atom. The number of amides is 1. The molecule has 1 amide bonds. The quantitative estimate of drug-likeness (QED) is 0.854. The largest absolute Gasteiger partial charge is 0.334 e. The standard InChI is InChI=1S/C13H22N4O/c1-9(14)12-6-4-5-7-17(12)13(18)11-8-15-16(3)10(11)2/h8-9,12H,4-7,14H2,1-3H3. The molecule has 1 aliphatic rings. The molecule has 0 radical (unpaired) electrons. The van der Waals surface area contributed by atoms with Gasteiger partial charge >= 0.3 is 0 Å². The van der Waals surface area contributed by atoms with Gasteiger partial charge in [0.15, 0.2) is 0 Å². The van der Waals surface area contributed by atoms with E-state index in [4.69, 9.17) is 5.73 Å². The van der Waals surface area contributed by atoms with E-state index in [9.17, 15) is 4.79 Å². The maximum Gasteiger partial charge on any atom is 0.257 e. The summed E-state index contributed by atoms with van der Waals surface area (Å²) in [5, 5.41) is 4.14. The molecule has 2 heterocycles. The highest BCUT2D eigenvalue weighted by Gasteiger charge is 2.31. The molecule has 100 valence electrons. The van der Waals surface area contributed by atoms with Crippen molar-refractivity contribution >= 4 is 5.91 Å². The zero-order chi connectivity index (χ0) is 13.3. The van der Waals surface area contributed by atoms with Crippen molar-refractivity contribution in [2.75, 3.05) is 6.54 Å². The predicted molar refractivity (Wildman–Crippen MR) is 70.3 cm³/mol. The molecule has 2 N–H and O–H groups in total. The third-order valence-corrected chi connectivity index (χ3v) is 3.88. The first kappa shape index (κ1) is 13.1. The molecule has 18 heavy (non-hydrogen) atoms. The third kappa shape index (κ3) is 2.27. The van der Waals surface area contributed by atoms with E-state index >= 15 is 0 Å². The number of hydrogen-bond donors (Lipinski definition) is 1. The van der Waals surface area contributed by atoms with Crippen LogP contribution in [0.25, 0.3) is 0 Å². The Balaban J connectivity index is 2.23. The molecule has 1 fully saturated rings. The van der Waals surface area contributed by atoms with Crippen LogP contribution in [-0.4, -0.2) is 39.2 Å². The van der Waals surface area contributed by atoms with Crippen molar-refractivity contribution in [3.05, 3.63) is 17.5 Å². The zero-order valence-corrected chi connectivity index (χ0v) is 11.4. The second-order valence-electron chi connectivity index (χ2n) is 5.19. The van der Waals surface area contributed by atoms with Crippen LogP contribution in [0.4, 0.5) is 0 Å². The summed E-state index contributed by atoms with van der Waals surface area (Å²) < 4.78 is 1.73. The van der Waals surface area contributed by atoms with Gasteiger partial charge in [0, 0.05) is 31.4 Å². The Morgan fingerprint density at radius 3 is 2.83 bits per heavy atom. The van der Waals surface area contributed by atoms with Crippen LogP contribution in [0.5, 0.6) is 0 Å². The maximum atomic E-state index is 12.6. The summed E-state index contributed by atoms with van der Waals surface area (Å²) >= 11 is 0. The Hall–Kier alpha value is -1.36. The zero-order valence-electron chi connectivity index (χ0n) is 11.4. The fraction of sp³-hybridized carbons (Fsp3) is 0.692. The number of rotatable bonds is 2. The molecule has 0 spiro atoms. The number of nitrogens with two attached hydrogens (primary N) is 1. The van der Waals surface area contributed by atoms with E-state index in [0.717, 1.165) is 31.5 Å². The summed E-state index contributed by atoms with van der Waals surface area (Å²) in [4.78, 5) is 14.5. The molecule has 2 rings (SSSR count). The lowest BCUT2D eigenvalue weighted by Gasteiger charge is -2.38. The van der Waals surface area contributed by atoms with Crippen LogP contribution in [0.1, 0.15) is 42.2 Å². The topological polar surface area (TPSA) is 64.2 Å². The van der Waals surface area contributed by atoms with Gasteiger partial charge in [0.1, 0.15) is 0 Å². The van der Waals surface area contributed by atoms with Gasteiger partial charge in [0.25, 0.3) is 5.91 Å². The van der Waals surface area contributed by atoms with Gasteiger partial charge < -0.3 is 10.6 Å². The fourth-order valence-corrected chi connectivity index (χ4v) is 2.62. The van der Waals surface area contributed by atoms with Crippen molar-refractivity contribution in [1.29, 1.82) is 0 Å². The monoisotopic (exact) mass is 250 g/mol. The average molecular weight is 250 g/mol. The van der Waals surface area contributed by atoms with Crippen LogP contribution >= 0.6 is 0 Å². The van der Waals surface area contributed by atoms with Crippen LogP contribution in [-0.2, 0) is 7.05 Å². The number of hydrogen-bond acceptors (Lipinski definition) is 3. The molecule has 2 unspecified atom stereocenters. The number of likely N-dealkylation sites (tertiary alicyclic amines) is 1. The number of nitrogens with zero attached hydrogens (tertiary/aromatic N) is 3. The summed E-state index contributed by atoms with van der Waals surface area (Å²) in [6.07, 6.45) is 4.88. The molecule has 2 atom stereocenters. The first-order chi connectivity index (χ1) is 8.52. The molecular weight excluding hydrogens is 228 g/mol. The number of aromatic nitrogens is 2. The second kappa shape index (κ2) is 5.10. The lowest BCUT2D eigenvalue weighted by molar-refractivity contribution is 0.0583. The van der Waals surface area contributed by atoms with Gasteiger partial charge in [-0.1, -0.05) is 0 Å². The minimum absolute atomic E-state index is 0.0197. The van der Waals surface area contributed by atoms with Crippen LogP contribution in [0.15, 0.2) is 6.20 Å². The van der Waals surface area contributed by atoms with Gasteiger partial charge in [-0.05, 0) is 33.1 Å². The van der Waals surface area contributed by atoms with Gasteiger partial charge in [0.05, 0.1) is 11.8 Å². The van der Waals surface area contributed by atoms with E-state index < -0.39 is 0 Å². The number of piperidine rings is 1. The molecular formula is C13H22N4O. The third-order valence-electron chi connectivity index (χ3n) is 3.88. The number of carbonyl (C=O) groups excluding carboxylic acids is 1. The van der Waals surface area contributed by atoms with E-state index in [1.165, 1.54) is 0 Å². The van der Waals surface area contributed by atoms with Gasteiger partial charge in [-0.2, -0.15) is 5.10 Å². The van der Waals surface area contributed by atoms with Crippen LogP contribution in [0.2, 0.25) is 0 Å². The molecule has 0 aromatic carbocycles. The highest BCUT2D eigenvalue weighted by molar-refractivity contribution is 5.95. The number of carbonyl (C=O) groups is 1. The SMILES string of the molecule is Cc1c(C(=O)N2CCCCC2C(C)N)cnn1C. The molecule has 1 aromatic rings. The summed E-state index contributed by atoms with van der Waals surface area (Å²) in [7, 11) is 1.85. The van der Waals surface area contributed by atoms with Gasteiger partial charge in [-0.3, -0.25) is 9.48 Å². The summed E-state index contributed by atoms with van der Waals surface area (Å²) in [6.45, 7) is 4.71. The first-order valence-corrected chi connectivity index (χ1v) is 6.57. The smallest absolute Gasteiger partial charge is 0.257 e. The first-order valence-electron chi connectivity index (χ1n) is 6.57. The highest BCUT2D eigenvalue weighted by Crippen LogP contribution is 2.22. The summed E-state index contributed by atoms with van der Waals surface area (Å²) in [5.74, 6) is 0.0719. The van der Waals surface area contributed by atoms with Crippen LogP contribution < -0.4 is 5.73 Å². The molecule has 5 heteroatoms. The average Bonchev–Trinajstić information content (AvgIpc) is 2.69. The van der Waals surface area contributed by atoms with Crippen LogP contribution in [0, 0.1) is 6.92 Å². The summed E-state index contributed by atoms with van der Waals surface area (Å²) in [5.41, 5.74) is 7.61. The fourth-order valence-electron chi connectivity index (χ4n) is 2.62. The van der Waals surface area contributed by atoms with Crippen molar-refractivity contribution < 1.29 is 4.79 Å². The lowest BCUT2D eigenvalue weighted by atomic mass is 9.96. The highest BCUT2D eigenvalue weighted by atomic mass is 16.2. The van der Waals surface area contributed by atoms with E-state index in [1.807, 2.05) is 25.8 Å². The van der Waals surface area contributed by atoms with E-state index in [1.54, 1.807) is 10.9 Å². The lowest BCUT2D eigenvalue weighted by Crippen LogP contribution is -2.51. The van der Waals surface area contributed by atoms with Crippen molar-refractivity contribution in [2.24, 2.45) is 12.8 Å². The molecule has 1 aliphatic heterocycles. The van der Waals surface area contributed by atoms with Crippen molar-refractivity contribution in [1.82, 2.24) is 14.7 Å². The molecule has 1 saturated heterocycles. The molecule has 5 nitrogen and oxygen atoms in total. The van der Waals surface area contributed by atoms with Gasteiger partial charge in [-0.15, -0.1) is 0 Å². The van der Waals surface area contributed by atoms with Crippen molar-refractivity contribution in [3.63, 3.8) is 0 Å². The number of aryl methyl sites for hydroxylation is 1. The van der Waals surface area contributed by atoms with Crippen molar-refractivity contribution in [2.45, 2.75) is 45.2 Å². The van der Waals surface area contributed by atoms with E-state index in [0.29, 0.717) is 5.56 Å². The van der Waals surface area contributed by atoms with Crippen LogP contribution in [0.3, 0.4) is 0 Å². The Kier molecular flexibility index (Phi) is 3.71. The molecule has 0 bridgehead atoms. The normalized spacial score (nSPS) is 22.0. The molecule has 1 aromatic heterocycles. The Bertz CT molecular complexity index is 438. The van der Waals surface area contributed by atoms with E-state index in [-0.39, 0.29) is 18.0 Å². The van der Waals surface area contributed by atoms with E-state index in [2.05, 4.69) is 5.10 Å². The minimum atomic E-state index is 0.0197. The maximum absolute atomic E-state index is 12.6.